The summed E-state index contributed by atoms with van der Waals surface area (Å²) in [6.07, 6.45) is 1.51. The number of nitrogens with one attached hydrogen (secondary N) is 1. The molecule has 0 saturated carbocycles. The summed E-state index contributed by atoms with van der Waals surface area (Å²) in [7, 11) is 0. The van der Waals surface area contributed by atoms with Crippen molar-refractivity contribution < 1.29 is 9.59 Å². The van der Waals surface area contributed by atoms with Gasteiger partial charge in [-0.3, -0.25) is 4.79 Å². The number of aryl methyl sites for hydroxylation is 1. The molecule has 9 nitrogen and oxygen atoms in total. The van der Waals surface area contributed by atoms with E-state index in [1.165, 1.54) is 4.90 Å². The van der Waals surface area contributed by atoms with Gasteiger partial charge in [0.1, 0.15) is 0 Å². The predicted octanol–water partition coefficient (Wildman–Crippen LogP) is 0.700. The number of urea groups is 1. The maximum Gasteiger partial charge on any atom is 0.314 e. The van der Waals surface area contributed by atoms with Crippen LogP contribution in [0.25, 0.3) is 5.69 Å². The summed E-state index contributed by atoms with van der Waals surface area (Å²) in [6.45, 7) is 2.76. The normalized spacial score (nSPS) is 17.5. The Labute approximate surface area is 138 Å². The van der Waals surface area contributed by atoms with Gasteiger partial charge in [0.15, 0.2) is 5.82 Å². The molecule has 1 atom stereocenters. The van der Waals surface area contributed by atoms with Crippen LogP contribution in [0.4, 0.5) is 10.5 Å². The lowest BCUT2D eigenvalue weighted by molar-refractivity contribution is -0.121. The SMILES string of the molecule is Cc1nnnn1-c1cccc(NC(=O)C2CCCN(C(N)=O)C2)c1. The van der Waals surface area contributed by atoms with E-state index in [4.69, 9.17) is 5.73 Å². The third-order valence-corrected chi connectivity index (χ3v) is 4.09. The average molecular weight is 329 g/mol. The van der Waals surface area contributed by atoms with Crippen LogP contribution in [0.15, 0.2) is 24.3 Å². The van der Waals surface area contributed by atoms with Crippen LogP contribution >= 0.6 is 0 Å². The van der Waals surface area contributed by atoms with Gasteiger partial charge in [-0.05, 0) is 48.4 Å². The lowest BCUT2D eigenvalue weighted by Crippen LogP contribution is -2.46. The summed E-state index contributed by atoms with van der Waals surface area (Å²) < 4.78 is 1.59. The summed E-state index contributed by atoms with van der Waals surface area (Å²) >= 11 is 0. The number of hydrogen-bond donors (Lipinski definition) is 2. The van der Waals surface area contributed by atoms with E-state index in [-0.39, 0.29) is 11.8 Å². The zero-order valence-corrected chi connectivity index (χ0v) is 13.3. The molecule has 0 aliphatic carbocycles. The molecule has 1 aromatic heterocycles. The van der Waals surface area contributed by atoms with Gasteiger partial charge in [-0.25, -0.2) is 4.79 Å². The molecule has 1 aliphatic rings. The second kappa shape index (κ2) is 6.65. The first-order chi connectivity index (χ1) is 11.5. The van der Waals surface area contributed by atoms with Gasteiger partial charge in [0.05, 0.1) is 11.6 Å². The Morgan fingerprint density at radius 1 is 1.38 bits per heavy atom. The molecule has 3 amide bonds. The summed E-state index contributed by atoms with van der Waals surface area (Å²) in [5.41, 5.74) is 6.72. The lowest BCUT2D eigenvalue weighted by atomic mass is 9.97. The monoisotopic (exact) mass is 329 g/mol. The molecule has 1 aromatic carbocycles. The van der Waals surface area contributed by atoms with Crippen LogP contribution in [0.5, 0.6) is 0 Å². The second-order valence-corrected chi connectivity index (χ2v) is 5.80. The number of carbonyl (C=O) groups is 2. The van der Waals surface area contributed by atoms with E-state index in [2.05, 4.69) is 20.8 Å². The first-order valence-electron chi connectivity index (χ1n) is 7.75. The number of primary amides is 1. The number of nitrogens with two attached hydrogens (primary N) is 1. The molecular weight excluding hydrogens is 310 g/mol. The largest absolute Gasteiger partial charge is 0.351 e. The van der Waals surface area contributed by atoms with Crippen molar-refractivity contribution in [3.05, 3.63) is 30.1 Å². The number of likely N-dealkylation sites (tertiary alicyclic amines) is 1. The Morgan fingerprint density at radius 2 is 2.21 bits per heavy atom. The summed E-state index contributed by atoms with van der Waals surface area (Å²) in [5.74, 6) is 0.277. The van der Waals surface area contributed by atoms with Crippen LogP contribution in [-0.4, -0.2) is 50.1 Å². The van der Waals surface area contributed by atoms with Gasteiger partial charge in [0.25, 0.3) is 0 Å². The maximum atomic E-state index is 12.5. The molecule has 0 bridgehead atoms. The van der Waals surface area contributed by atoms with Crippen molar-refractivity contribution in [1.82, 2.24) is 25.1 Å². The van der Waals surface area contributed by atoms with E-state index in [9.17, 15) is 9.59 Å². The van der Waals surface area contributed by atoms with Crippen molar-refractivity contribution in [3.63, 3.8) is 0 Å². The van der Waals surface area contributed by atoms with E-state index >= 15 is 0 Å². The van der Waals surface area contributed by atoms with Crippen molar-refractivity contribution in [2.75, 3.05) is 18.4 Å². The zero-order chi connectivity index (χ0) is 17.1. The quantitative estimate of drug-likeness (QED) is 0.859. The number of nitrogens with zero attached hydrogens (tertiary/aromatic N) is 5. The number of amides is 3. The molecular formula is C15H19N7O2. The highest BCUT2D eigenvalue weighted by molar-refractivity contribution is 5.93. The number of carbonyl (C=O) groups excluding carboxylic acids is 2. The minimum Gasteiger partial charge on any atom is -0.351 e. The lowest BCUT2D eigenvalue weighted by Gasteiger charge is -2.30. The molecule has 3 rings (SSSR count). The van der Waals surface area contributed by atoms with Crippen LogP contribution < -0.4 is 11.1 Å². The molecule has 2 aromatic rings. The van der Waals surface area contributed by atoms with Gasteiger partial charge in [0.2, 0.25) is 5.91 Å². The minimum absolute atomic E-state index is 0.119. The van der Waals surface area contributed by atoms with E-state index in [1.54, 1.807) is 23.7 Å². The standard InChI is InChI=1S/C15H19N7O2/c1-10-18-19-20-22(10)13-6-2-5-12(8-13)17-14(23)11-4-3-7-21(9-11)15(16)24/h2,5-6,8,11H,3-4,7,9H2,1H3,(H2,16,24)(H,17,23). The molecule has 2 heterocycles. The van der Waals surface area contributed by atoms with Gasteiger partial charge in [-0.15, -0.1) is 5.10 Å². The Kier molecular flexibility index (Phi) is 4.41. The fourth-order valence-electron chi connectivity index (χ4n) is 2.82. The summed E-state index contributed by atoms with van der Waals surface area (Å²) in [6, 6.07) is 6.80. The van der Waals surface area contributed by atoms with Crippen LogP contribution in [0.3, 0.4) is 0 Å². The van der Waals surface area contributed by atoms with E-state index in [1.807, 2.05) is 12.1 Å². The molecule has 9 heteroatoms. The fraction of sp³-hybridized carbons (Fsp3) is 0.400. The van der Waals surface area contributed by atoms with E-state index in [0.29, 0.717) is 24.6 Å². The Balaban J connectivity index is 1.71. The van der Waals surface area contributed by atoms with Crippen molar-refractivity contribution in [1.29, 1.82) is 0 Å². The van der Waals surface area contributed by atoms with Crippen LogP contribution in [0.2, 0.25) is 0 Å². The highest BCUT2D eigenvalue weighted by Crippen LogP contribution is 2.20. The highest BCUT2D eigenvalue weighted by Gasteiger charge is 2.27. The third-order valence-electron chi connectivity index (χ3n) is 4.09. The number of rotatable bonds is 3. The molecule has 1 fully saturated rings. The highest BCUT2D eigenvalue weighted by atomic mass is 16.2. The van der Waals surface area contributed by atoms with Gasteiger partial charge >= 0.3 is 6.03 Å². The van der Waals surface area contributed by atoms with Gasteiger partial charge in [0, 0.05) is 18.8 Å². The van der Waals surface area contributed by atoms with Gasteiger partial charge < -0.3 is 16.0 Å². The second-order valence-electron chi connectivity index (χ2n) is 5.80. The fourth-order valence-corrected chi connectivity index (χ4v) is 2.82. The van der Waals surface area contributed by atoms with Crippen LogP contribution in [0.1, 0.15) is 18.7 Å². The smallest absolute Gasteiger partial charge is 0.314 e. The van der Waals surface area contributed by atoms with Gasteiger partial charge in [-0.1, -0.05) is 6.07 Å². The Hall–Kier alpha value is -2.97. The average Bonchev–Trinajstić information content (AvgIpc) is 3.01. The molecule has 1 unspecified atom stereocenters. The predicted molar refractivity (Wildman–Crippen MR) is 86.4 cm³/mol. The minimum atomic E-state index is -0.483. The van der Waals surface area contributed by atoms with Crippen LogP contribution in [-0.2, 0) is 4.79 Å². The Bertz CT molecular complexity index is 758. The number of anilines is 1. The van der Waals surface area contributed by atoms with E-state index < -0.39 is 6.03 Å². The molecule has 3 N–H and O–H groups in total. The molecule has 0 radical (unpaired) electrons. The Morgan fingerprint density at radius 3 is 2.92 bits per heavy atom. The maximum absolute atomic E-state index is 12.5. The number of aromatic nitrogens is 4. The molecule has 1 aliphatic heterocycles. The van der Waals surface area contributed by atoms with Crippen molar-refractivity contribution in [2.24, 2.45) is 11.7 Å². The van der Waals surface area contributed by atoms with Crippen LogP contribution in [0, 0.1) is 12.8 Å². The number of benzene rings is 1. The van der Waals surface area contributed by atoms with Crippen molar-refractivity contribution in [2.45, 2.75) is 19.8 Å². The zero-order valence-electron chi connectivity index (χ0n) is 13.3. The first-order valence-corrected chi connectivity index (χ1v) is 7.75. The summed E-state index contributed by atoms with van der Waals surface area (Å²) in [4.78, 5) is 25.3. The summed E-state index contributed by atoms with van der Waals surface area (Å²) in [5, 5.41) is 14.3. The molecule has 126 valence electrons. The molecule has 0 spiro atoms. The molecule has 24 heavy (non-hydrogen) atoms. The number of piperidine rings is 1. The number of tetrazole rings is 1. The van der Waals surface area contributed by atoms with Crippen molar-refractivity contribution >= 4 is 17.6 Å². The topological polar surface area (TPSA) is 119 Å². The number of hydrogen-bond acceptors (Lipinski definition) is 5. The molecule has 1 saturated heterocycles. The first kappa shape index (κ1) is 15.9. The van der Waals surface area contributed by atoms with Gasteiger partial charge in [-0.2, -0.15) is 4.68 Å². The third kappa shape index (κ3) is 3.34. The van der Waals surface area contributed by atoms with E-state index in [0.717, 1.165) is 18.5 Å². The van der Waals surface area contributed by atoms with Crippen molar-refractivity contribution in [3.8, 4) is 5.69 Å².